The molecule has 0 amide bonds. The number of rotatable bonds is 13. The minimum Gasteiger partial charge on any atom is -0.493 e. The molecule has 0 N–H and O–H groups in total. The molecule has 4 aromatic rings. The standard InChI is InChI=1S/C35H31Cl2NO6.C2H6/c1-22-26(7-4-8-29(22)30-9-5-10-32(23(30)2)42-12-6-11-36)21-44-34-17-33(28(19-39)16-31(34)37)43-20-25-13-24(18-38)14-27(15-25)35(40)41-3;1-2/h4-5,7-10,13-17,19H,6,11-12,20-21H2,1-3H3;1-2H3. The fourth-order valence-corrected chi connectivity index (χ4v) is 5.04. The van der Waals surface area contributed by atoms with Crippen LogP contribution in [0.3, 0.4) is 0 Å². The first-order chi connectivity index (χ1) is 22.3. The summed E-state index contributed by atoms with van der Waals surface area (Å²) in [4.78, 5) is 23.8. The highest BCUT2D eigenvalue weighted by Gasteiger charge is 2.16. The van der Waals surface area contributed by atoms with Crippen molar-refractivity contribution in [3.05, 3.63) is 111 Å². The van der Waals surface area contributed by atoms with E-state index < -0.39 is 5.97 Å². The van der Waals surface area contributed by atoms with Crippen molar-refractivity contribution in [2.24, 2.45) is 0 Å². The van der Waals surface area contributed by atoms with Gasteiger partial charge >= 0.3 is 5.97 Å². The number of nitriles is 1. The van der Waals surface area contributed by atoms with E-state index in [4.69, 9.17) is 42.1 Å². The SMILES string of the molecule is CC.COC(=O)c1cc(C#N)cc(COc2cc(OCc3cccc(-c4cccc(OCCCCl)c4C)c3C)c(Cl)cc2C=O)c1. The number of aldehydes is 1. The van der Waals surface area contributed by atoms with Crippen LogP contribution in [0.1, 0.15) is 68.8 Å². The van der Waals surface area contributed by atoms with Gasteiger partial charge in [0.1, 0.15) is 30.5 Å². The van der Waals surface area contributed by atoms with Crippen molar-refractivity contribution < 1.29 is 28.5 Å². The van der Waals surface area contributed by atoms with Crippen LogP contribution in [0, 0.1) is 25.2 Å². The van der Waals surface area contributed by atoms with Gasteiger partial charge in [0, 0.05) is 11.9 Å². The topological polar surface area (TPSA) is 94.9 Å². The van der Waals surface area contributed by atoms with Crippen LogP contribution in [-0.4, -0.2) is 31.9 Å². The lowest BCUT2D eigenvalue weighted by Gasteiger charge is -2.17. The Hall–Kier alpha value is -4.51. The number of carbonyl (C=O) groups excluding carboxylic acids is 2. The van der Waals surface area contributed by atoms with Crippen LogP contribution in [-0.2, 0) is 18.0 Å². The van der Waals surface area contributed by atoms with Crippen LogP contribution in [0.5, 0.6) is 17.2 Å². The lowest BCUT2D eigenvalue weighted by atomic mass is 9.93. The van der Waals surface area contributed by atoms with Crippen LogP contribution in [0.4, 0.5) is 0 Å². The zero-order chi connectivity index (χ0) is 33.6. The predicted molar refractivity (Wildman–Crippen MR) is 182 cm³/mol. The molecule has 0 fully saturated rings. The van der Waals surface area contributed by atoms with Crippen LogP contribution in [0.15, 0.2) is 66.7 Å². The Bertz CT molecular complexity index is 1710. The van der Waals surface area contributed by atoms with Crippen molar-refractivity contribution in [1.82, 2.24) is 0 Å². The number of esters is 1. The van der Waals surface area contributed by atoms with Crippen molar-refractivity contribution in [3.8, 4) is 34.4 Å². The van der Waals surface area contributed by atoms with Crippen LogP contribution in [0.25, 0.3) is 11.1 Å². The molecule has 0 heterocycles. The number of hydrogen-bond donors (Lipinski definition) is 0. The summed E-state index contributed by atoms with van der Waals surface area (Å²) in [6, 6.07) is 21.7. The fourth-order valence-electron chi connectivity index (χ4n) is 4.70. The minimum atomic E-state index is -0.572. The third kappa shape index (κ3) is 9.03. The van der Waals surface area contributed by atoms with Gasteiger partial charge in [-0.1, -0.05) is 55.8 Å². The normalized spacial score (nSPS) is 10.2. The van der Waals surface area contributed by atoms with E-state index in [0.29, 0.717) is 30.1 Å². The number of alkyl halides is 1. The van der Waals surface area contributed by atoms with Gasteiger partial charge in [-0.15, -0.1) is 11.6 Å². The van der Waals surface area contributed by atoms with Gasteiger partial charge in [0.05, 0.1) is 41.5 Å². The van der Waals surface area contributed by atoms with E-state index in [1.54, 1.807) is 18.2 Å². The van der Waals surface area contributed by atoms with Crippen molar-refractivity contribution >= 4 is 35.5 Å². The van der Waals surface area contributed by atoms with Crippen molar-refractivity contribution in [2.75, 3.05) is 19.6 Å². The zero-order valence-corrected chi connectivity index (χ0v) is 28.1. The van der Waals surface area contributed by atoms with Gasteiger partial charge in [-0.2, -0.15) is 5.26 Å². The number of carbonyl (C=O) groups is 2. The van der Waals surface area contributed by atoms with E-state index in [1.165, 1.54) is 19.2 Å². The van der Waals surface area contributed by atoms with Gasteiger partial charge in [0.15, 0.2) is 6.29 Å². The second-order valence-corrected chi connectivity index (χ2v) is 10.7. The molecular formula is C37H37Cl2NO6. The molecule has 0 aliphatic carbocycles. The van der Waals surface area contributed by atoms with E-state index in [-0.39, 0.29) is 40.7 Å². The molecular weight excluding hydrogens is 625 g/mol. The molecule has 0 atom stereocenters. The largest absolute Gasteiger partial charge is 0.493 e. The van der Waals surface area contributed by atoms with Crippen LogP contribution >= 0.6 is 23.2 Å². The van der Waals surface area contributed by atoms with Gasteiger partial charge in [-0.25, -0.2) is 4.79 Å². The van der Waals surface area contributed by atoms with Gasteiger partial charge in [0.25, 0.3) is 0 Å². The van der Waals surface area contributed by atoms with Crippen molar-refractivity contribution in [2.45, 2.75) is 47.3 Å². The first kappa shape index (κ1) is 36.0. The third-order valence-electron chi connectivity index (χ3n) is 7.07. The van der Waals surface area contributed by atoms with Crippen molar-refractivity contribution in [3.63, 3.8) is 0 Å². The Morgan fingerprint density at radius 1 is 0.870 bits per heavy atom. The van der Waals surface area contributed by atoms with Crippen LogP contribution in [0.2, 0.25) is 5.02 Å². The molecule has 0 radical (unpaired) electrons. The Morgan fingerprint density at radius 2 is 1.57 bits per heavy atom. The van der Waals surface area contributed by atoms with Gasteiger partial charge in [-0.05, 0) is 84.0 Å². The lowest BCUT2D eigenvalue weighted by Crippen LogP contribution is -2.05. The fraction of sp³-hybridized carbons (Fsp3) is 0.270. The average Bonchev–Trinajstić information content (AvgIpc) is 3.08. The smallest absolute Gasteiger partial charge is 0.337 e. The number of methoxy groups -OCH3 is 1. The highest BCUT2D eigenvalue weighted by atomic mass is 35.5. The molecule has 4 rings (SSSR count). The molecule has 46 heavy (non-hydrogen) atoms. The maximum Gasteiger partial charge on any atom is 0.337 e. The quantitative estimate of drug-likeness (QED) is 0.0610. The van der Waals surface area contributed by atoms with E-state index in [0.717, 1.165) is 40.0 Å². The molecule has 0 aromatic heterocycles. The van der Waals surface area contributed by atoms with E-state index in [1.807, 2.05) is 58.0 Å². The number of nitrogens with zero attached hydrogens (tertiary/aromatic N) is 1. The number of ether oxygens (including phenoxy) is 4. The van der Waals surface area contributed by atoms with Crippen molar-refractivity contribution in [1.29, 1.82) is 5.26 Å². The summed E-state index contributed by atoms with van der Waals surface area (Å²) in [5.74, 6) is 1.38. The summed E-state index contributed by atoms with van der Waals surface area (Å²) in [7, 11) is 1.26. The Balaban J connectivity index is 0.00000282. The highest BCUT2D eigenvalue weighted by Crippen LogP contribution is 2.36. The lowest BCUT2D eigenvalue weighted by molar-refractivity contribution is 0.0600. The minimum absolute atomic E-state index is 0.0173. The predicted octanol–water partition coefficient (Wildman–Crippen LogP) is 9.29. The molecule has 7 nitrogen and oxygen atoms in total. The molecule has 0 aliphatic rings. The maximum absolute atomic E-state index is 12.0. The monoisotopic (exact) mass is 661 g/mol. The molecule has 0 bridgehead atoms. The molecule has 0 saturated carbocycles. The second-order valence-electron chi connectivity index (χ2n) is 9.95. The molecule has 0 unspecified atom stereocenters. The summed E-state index contributed by atoms with van der Waals surface area (Å²) in [6.45, 7) is 8.83. The summed E-state index contributed by atoms with van der Waals surface area (Å²) in [5, 5.41) is 9.62. The maximum atomic E-state index is 12.0. The summed E-state index contributed by atoms with van der Waals surface area (Å²) < 4.78 is 22.8. The summed E-state index contributed by atoms with van der Waals surface area (Å²) in [5.41, 5.74) is 6.44. The number of halogens is 2. The number of benzene rings is 4. The molecule has 240 valence electrons. The second kappa shape index (κ2) is 17.8. The van der Waals surface area contributed by atoms with E-state index in [9.17, 15) is 14.9 Å². The first-order valence-corrected chi connectivity index (χ1v) is 15.7. The molecule has 9 heteroatoms. The van der Waals surface area contributed by atoms with Gasteiger partial charge in [-0.3, -0.25) is 4.79 Å². The van der Waals surface area contributed by atoms with Gasteiger partial charge < -0.3 is 18.9 Å². The summed E-state index contributed by atoms with van der Waals surface area (Å²) in [6.07, 6.45) is 1.41. The molecule has 4 aromatic carbocycles. The molecule has 0 aliphatic heterocycles. The average molecular weight is 663 g/mol. The Labute approximate surface area is 280 Å². The molecule has 0 saturated heterocycles. The van der Waals surface area contributed by atoms with Crippen LogP contribution < -0.4 is 14.2 Å². The Morgan fingerprint density at radius 3 is 2.24 bits per heavy atom. The molecule has 0 spiro atoms. The van der Waals surface area contributed by atoms with E-state index in [2.05, 4.69) is 12.1 Å². The van der Waals surface area contributed by atoms with E-state index >= 15 is 0 Å². The zero-order valence-electron chi connectivity index (χ0n) is 26.6. The Kier molecular flexibility index (Phi) is 13.9. The highest BCUT2D eigenvalue weighted by molar-refractivity contribution is 6.32. The van der Waals surface area contributed by atoms with Gasteiger partial charge in [0.2, 0.25) is 0 Å². The summed E-state index contributed by atoms with van der Waals surface area (Å²) >= 11 is 12.3. The first-order valence-electron chi connectivity index (χ1n) is 14.8. The number of hydrogen-bond acceptors (Lipinski definition) is 7. The third-order valence-corrected chi connectivity index (χ3v) is 7.63.